The van der Waals surface area contributed by atoms with Crippen molar-refractivity contribution in [3.63, 3.8) is 0 Å². The van der Waals surface area contributed by atoms with E-state index in [9.17, 15) is 9.18 Å². The molecule has 0 aliphatic carbocycles. The maximum absolute atomic E-state index is 13.4. The largest absolute Gasteiger partial charge is 0.379 e. The van der Waals surface area contributed by atoms with Gasteiger partial charge in [-0.05, 0) is 55.7 Å². The lowest BCUT2D eigenvalue weighted by atomic mass is 10.1. The number of rotatable bonds is 6. The number of hydrogen-bond acceptors (Lipinski definition) is 5. The van der Waals surface area contributed by atoms with Gasteiger partial charge >= 0.3 is 0 Å². The van der Waals surface area contributed by atoms with Crippen molar-refractivity contribution in [1.82, 2.24) is 9.88 Å². The van der Waals surface area contributed by atoms with E-state index >= 15 is 0 Å². The zero-order chi connectivity index (χ0) is 21.1. The Morgan fingerprint density at radius 1 is 1.13 bits per heavy atom. The molecule has 4 rings (SSSR count). The summed E-state index contributed by atoms with van der Waals surface area (Å²) in [4.78, 5) is 22.2. The van der Waals surface area contributed by atoms with Crippen LogP contribution in [0.15, 0.2) is 36.4 Å². The first-order valence-electron chi connectivity index (χ1n) is 10.3. The topological polar surface area (TPSA) is 45.7 Å². The number of amides is 1. The summed E-state index contributed by atoms with van der Waals surface area (Å²) in [5.41, 5.74) is 3.66. The predicted octanol–water partition coefficient (Wildman–Crippen LogP) is 4.42. The first-order chi connectivity index (χ1) is 14.5. The molecule has 0 radical (unpaired) electrons. The lowest BCUT2D eigenvalue weighted by Gasteiger charge is -2.27. The molecular formula is C23H26FN3O2S. The molecule has 0 N–H and O–H groups in total. The van der Waals surface area contributed by atoms with Gasteiger partial charge in [-0.3, -0.25) is 14.6 Å². The monoisotopic (exact) mass is 427 g/mol. The Morgan fingerprint density at radius 3 is 2.53 bits per heavy atom. The number of fused-ring (bicyclic) bond motifs is 1. The first kappa shape index (κ1) is 20.9. The molecule has 0 bridgehead atoms. The van der Waals surface area contributed by atoms with E-state index in [1.54, 1.807) is 16.2 Å². The average Bonchev–Trinajstić information content (AvgIpc) is 3.21. The summed E-state index contributed by atoms with van der Waals surface area (Å²) in [7, 11) is 0. The minimum absolute atomic E-state index is 0.147. The fourth-order valence-electron chi connectivity index (χ4n) is 3.67. The van der Waals surface area contributed by atoms with E-state index in [0.717, 1.165) is 60.6 Å². The lowest BCUT2D eigenvalue weighted by Crippen LogP contribution is -2.39. The zero-order valence-electron chi connectivity index (χ0n) is 17.4. The Kier molecular flexibility index (Phi) is 6.41. The number of halogens is 1. The van der Waals surface area contributed by atoms with Gasteiger partial charge in [0, 0.05) is 31.7 Å². The van der Waals surface area contributed by atoms with Crippen molar-refractivity contribution in [2.24, 2.45) is 0 Å². The number of benzene rings is 2. The van der Waals surface area contributed by atoms with Crippen molar-refractivity contribution in [3.8, 4) is 0 Å². The smallest absolute Gasteiger partial charge is 0.260 e. The summed E-state index contributed by atoms with van der Waals surface area (Å²) < 4.78 is 19.9. The molecular weight excluding hydrogens is 401 g/mol. The molecule has 0 unspecified atom stereocenters. The van der Waals surface area contributed by atoms with E-state index in [2.05, 4.69) is 24.0 Å². The quantitative estimate of drug-likeness (QED) is 0.584. The average molecular weight is 428 g/mol. The number of anilines is 1. The molecule has 3 aromatic rings. The summed E-state index contributed by atoms with van der Waals surface area (Å²) >= 11 is 1.54. The molecule has 158 valence electrons. The Labute approximate surface area is 180 Å². The summed E-state index contributed by atoms with van der Waals surface area (Å²) in [5.74, 6) is -0.497. The van der Waals surface area contributed by atoms with Crippen LogP contribution in [0, 0.1) is 19.7 Å². The van der Waals surface area contributed by atoms with Crippen LogP contribution in [0.4, 0.5) is 9.52 Å². The summed E-state index contributed by atoms with van der Waals surface area (Å²) in [6.07, 6.45) is 0.834. The van der Waals surface area contributed by atoms with Gasteiger partial charge in [-0.2, -0.15) is 0 Å². The van der Waals surface area contributed by atoms with Crippen molar-refractivity contribution in [2.75, 3.05) is 44.3 Å². The van der Waals surface area contributed by atoms with Crippen LogP contribution in [-0.2, 0) is 4.74 Å². The van der Waals surface area contributed by atoms with Gasteiger partial charge in [-0.1, -0.05) is 23.5 Å². The van der Waals surface area contributed by atoms with Crippen LogP contribution in [0.2, 0.25) is 0 Å². The molecule has 0 spiro atoms. The second kappa shape index (κ2) is 9.20. The highest BCUT2D eigenvalue weighted by Gasteiger charge is 2.22. The molecule has 7 heteroatoms. The van der Waals surface area contributed by atoms with Crippen molar-refractivity contribution < 1.29 is 13.9 Å². The van der Waals surface area contributed by atoms with E-state index in [1.165, 1.54) is 24.3 Å². The first-order valence-corrected chi connectivity index (χ1v) is 11.1. The van der Waals surface area contributed by atoms with Crippen LogP contribution in [0.5, 0.6) is 0 Å². The number of ether oxygens (including phenoxy) is 1. The minimum atomic E-state index is -0.350. The van der Waals surface area contributed by atoms with Gasteiger partial charge in [0.15, 0.2) is 5.13 Å². The number of morpholine rings is 1. The van der Waals surface area contributed by atoms with Crippen LogP contribution >= 0.6 is 11.3 Å². The number of thiazole rings is 1. The molecule has 1 amide bonds. The van der Waals surface area contributed by atoms with Crippen LogP contribution in [-0.4, -0.2) is 55.2 Å². The Morgan fingerprint density at radius 2 is 1.83 bits per heavy atom. The molecule has 2 aromatic carbocycles. The second-order valence-electron chi connectivity index (χ2n) is 7.64. The molecule has 30 heavy (non-hydrogen) atoms. The molecule has 1 fully saturated rings. The molecule has 1 saturated heterocycles. The summed E-state index contributed by atoms with van der Waals surface area (Å²) in [5, 5.41) is 0.693. The normalized spacial score (nSPS) is 14.9. The highest BCUT2D eigenvalue weighted by atomic mass is 32.1. The minimum Gasteiger partial charge on any atom is -0.379 e. The Hall–Kier alpha value is -2.35. The summed E-state index contributed by atoms with van der Waals surface area (Å²) in [6, 6.07) is 9.88. The highest BCUT2D eigenvalue weighted by Crippen LogP contribution is 2.33. The molecule has 5 nitrogen and oxygen atoms in total. The van der Waals surface area contributed by atoms with Gasteiger partial charge in [0.25, 0.3) is 5.91 Å². The van der Waals surface area contributed by atoms with Gasteiger partial charge in [-0.25, -0.2) is 9.37 Å². The molecule has 1 aliphatic heterocycles. The number of aromatic nitrogens is 1. The zero-order valence-corrected chi connectivity index (χ0v) is 18.2. The van der Waals surface area contributed by atoms with Crippen LogP contribution in [0.1, 0.15) is 27.9 Å². The van der Waals surface area contributed by atoms with Gasteiger partial charge in [-0.15, -0.1) is 0 Å². The number of carbonyl (C=O) groups excluding carboxylic acids is 1. The Bertz CT molecular complexity index is 990. The van der Waals surface area contributed by atoms with Gasteiger partial charge in [0.05, 0.1) is 23.4 Å². The van der Waals surface area contributed by atoms with Gasteiger partial charge < -0.3 is 4.74 Å². The fourth-order valence-corrected chi connectivity index (χ4v) is 4.81. The maximum Gasteiger partial charge on any atom is 0.260 e. The van der Waals surface area contributed by atoms with Crippen LogP contribution < -0.4 is 4.90 Å². The van der Waals surface area contributed by atoms with Crippen molar-refractivity contribution in [2.45, 2.75) is 20.3 Å². The van der Waals surface area contributed by atoms with E-state index < -0.39 is 0 Å². The number of carbonyl (C=O) groups is 1. The fraction of sp³-hybridized carbons (Fsp3) is 0.391. The standard InChI is InChI=1S/C23H26FN3O2S/c1-16-4-5-17(2)21-20(16)25-23(30-21)27(11-3-10-26-12-14-29-15-13-26)22(28)18-6-8-19(24)9-7-18/h4-9H,3,10-15H2,1-2H3. The number of aryl methyl sites for hydroxylation is 2. The molecule has 1 aromatic heterocycles. The van der Waals surface area contributed by atoms with Crippen LogP contribution in [0.25, 0.3) is 10.2 Å². The number of nitrogens with zero attached hydrogens (tertiary/aromatic N) is 3. The van der Waals surface area contributed by atoms with Crippen molar-refractivity contribution in [1.29, 1.82) is 0 Å². The van der Waals surface area contributed by atoms with Gasteiger partial charge in [0.2, 0.25) is 0 Å². The molecule has 1 aliphatic rings. The van der Waals surface area contributed by atoms with Crippen molar-refractivity contribution in [3.05, 3.63) is 58.9 Å². The lowest BCUT2D eigenvalue weighted by molar-refractivity contribution is 0.0376. The SMILES string of the molecule is Cc1ccc(C)c2sc(N(CCCN3CCOCC3)C(=O)c3ccc(F)cc3)nc12. The van der Waals surface area contributed by atoms with E-state index in [1.807, 2.05) is 6.92 Å². The van der Waals surface area contributed by atoms with E-state index in [-0.39, 0.29) is 11.7 Å². The molecule has 0 saturated carbocycles. The summed E-state index contributed by atoms with van der Waals surface area (Å²) in [6.45, 7) is 8.93. The van der Waals surface area contributed by atoms with E-state index in [4.69, 9.17) is 9.72 Å². The molecule has 2 heterocycles. The molecule has 0 atom stereocenters. The third-order valence-electron chi connectivity index (χ3n) is 5.46. The van der Waals surface area contributed by atoms with Crippen LogP contribution in [0.3, 0.4) is 0 Å². The Balaban J connectivity index is 1.60. The second-order valence-corrected chi connectivity index (χ2v) is 8.62. The van der Waals surface area contributed by atoms with E-state index in [0.29, 0.717) is 17.2 Å². The maximum atomic E-state index is 13.4. The van der Waals surface area contributed by atoms with Gasteiger partial charge in [0.1, 0.15) is 5.82 Å². The number of hydrogen-bond donors (Lipinski definition) is 0. The predicted molar refractivity (Wildman–Crippen MR) is 119 cm³/mol. The third-order valence-corrected chi connectivity index (χ3v) is 6.67. The van der Waals surface area contributed by atoms with Crippen molar-refractivity contribution >= 4 is 32.6 Å². The highest BCUT2D eigenvalue weighted by molar-refractivity contribution is 7.22. The third kappa shape index (κ3) is 4.53.